The molecule has 0 aromatic carbocycles. The van der Waals surface area contributed by atoms with E-state index >= 15 is 0 Å². The van der Waals surface area contributed by atoms with Gasteiger partial charge in [-0.3, -0.25) is 14.5 Å². The number of hydrogen-bond donors (Lipinski definition) is 0. The van der Waals surface area contributed by atoms with Crippen molar-refractivity contribution in [2.75, 3.05) is 11.9 Å². The van der Waals surface area contributed by atoms with Gasteiger partial charge in [0.25, 0.3) is 0 Å². The first-order valence-electron chi connectivity index (χ1n) is 5.49. The summed E-state index contributed by atoms with van der Waals surface area (Å²) in [5.74, 6) is -0.601. The van der Waals surface area contributed by atoms with E-state index in [1.54, 1.807) is 0 Å². The Balaban J connectivity index is 1.83. The average molecular weight is 286 g/mol. The van der Waals surface area contributed by atoms with Gasteiger partial charge < -0.3 is 4.74 Å². The fourth-order valence-corrected chi connectivity index (χ4v) is 3.05. The zero-order valence-corrected chi connectivity index (χ0v) is 10.2. The number of carbonyl (C=O) groups excluding carboxylic acids is 2. The average Bonchev–Trinajstić information content (AvgIpc) is 2.92. The van der Waals surface area contributed by atoms with E-state index < -0.39 is 0 Å². The summed E-state index contributed by atoms with van der Waals surface area (Å²) in [5, 5.41) is 0.807. The molecule has 4 atom stereocenters. The summed E-state index contributed by atoms with van der Waals surface area (Å²) in [6.07, 6.45) is 4.29. The van der Waals surface area contributed by atoms with Crippen LogP contribution in [0.2, 0.25) is 0 Å². The molecule has 0 unspecified atom stereocenters. The molecule has 0 aromatic heterocycles. The van der Waals surface area contributed by atoms with Gasteiger partial charge in [-0.05, 0) is 6.42 Å². The number of likely N-dealkylation sites (tertiary alicyclic amines) is 1. The Morgan fingerprint density at radius 1 is 1.19 bits per heavy atom. The first kappa shape index (κ1) is 10.5. The number of fused-ring (bicyclic) bond motifs is 5. The van der Waals surface area contributed by atoms with Crippen molar-refractivity contribution in [2.24, 2.45) is 11.8 Å². The molecule has 2 amide bonds. The number of hydrogen-bond acceptors (Lipinski definition) is 3. The van der Waals surface area contributed by atoms with Crippen molar-refractivity contribution in [1.29, 1.82) is 0 Å². The van der Waals surface area contributed by atoms with Gasteiger partial charge in [0.2, 0.25) is 11.8 Å². The molecule has 2 saturated heterocycles. The van der Waals surface area contributed by atoms with Crippen LogP contribution in [0.25, 0.3) is 0 Å². The summed E-state index contributed by atoms with van der Waals surface area (Å²) in [6, 6.07) is 0. The van der Waals surface area contributed by atoms with Gasteiger partial charge in [-0.25, -0.2) is 0 Å². The second-order valence-electron chi connectivity index (χ2n) is 4.37. The van der Waals surface area contributed by atoms with E-state index in [-0.39, 0.29) is 35.9 Å². The first-order valence-corrected chi connectivity index (χ1v) is 6.61. The van der Waals surface area contributed by atoms with E-state index in [0.717, 1.165) is 11.8 Å². The minimum Gasteiger partial charge on any atom is -0.365 e. The number of ether oxygens (including phenoxy) is 1. The standard InChI is InChI=1S/C11H12BrNO3/c12-4-1-5-13-10(14)8-6-2-3-7(16-6)9(8)11(13)15/h2-3,6-9H,1,4-5H2/t6-,7+,8-,9+. The van der Waals surface area contributed by atoms with Gasteiger partial charge in [0.1, 0.15) is 0 Å². The third-order valence-electron chi connectivity index (χ3n) is 3.52. The molecule has 2 bridgehead atoms. The maximum atomic E-state index is 12.1. The predicted molar refractivity (Wildman–Crippen MR) is 59.9 cm³/mol. The molecule has 0 N–H and O–H groups in total. The van der Waals surface area contributed by atoms with Crippen LogP contribution in [-0.2, 0) is 14.3 Å². The summed E-state index contributed by atoms with van der Waals surface area (Å²) < 4.78 is 5.54. The summed E-state index contributed by atoms with van der Waals surface area (Å²) in [5.41, 5.74) is 0. The second-order valence-corrected chi connectivity index (χ2v) is 5.17. The Hall–Kier alpha value is -0.680. The fraction of sp³-hybridized carbons (Fsp3) is 0.636. The van der Waals surface area contributed by atoms with E-state index in [4.69, 9.17) is 4.74 Å². The molecule has 3 heterocycles. The van der Waals surface area contributed by atoms with Crippen LogP contribution in [0.4, 0.5) is 0 Å². The van der Waals surface area contributed by atoms with Crippen LogP contribution in [0, 0.1) is 11.8 Å². The van der Waals surface area contributed by atoms with Crippen molar-refractivity contribution >= 4 is 27.7 Å². The molecular formula is C11H12BrNO3. The molecule has 3 aliphatic rings. The molecule has 0 spiro atoms. The van der Waals surface area contributed by atoms with Crippen molar-refractivity contribution in [3.05, 3.63) is 12.2 Å². The third-order valence-corrected chi connectivity index (χ3v) is 4.08. The van der Waals surface area contributed by atoms with Crippen LogP contribution in [0.1, 0.15) is 6.42 Å². The van der Waals surface area contributed by atoms with Gasteiger partial charge in [0.05, 0.1) is 24.0 Å². The van der Waals surface area contributed by atoms with Crippen molar-refractivity contribution in [3.63, 3.8) is 0 Å². The van der Waals surface area contributed by atoms with Crippen LogP contribution in [0.15, 0.2) is 12.2 Å². The van der Waals surface area contributed by atoms with E-state index in [2.05, 4.69) is 15.9 Å². The van der Waals surface area contributed by atoms with Gasteiger partial charge in [-0.2, -0.15) is 0 Å². The van der Waals surface area contributed by atoms with E-state index in [1.807, 2.05) is 12.2 Å². The zero-order chi connectivity index (χ0) is 11.3. The van der Waals surface area contributed by atoms with Crippen molar-refractivity contribution < 1.29 is 14.3 Å². The lowest BCUT2D eigenvalue weighted by Gasteiger charge is -2.16. The SMILES string of the molecule is O=C1[C@@H]2[C@H](C(=O)N1CCCBr)[C@H]1C=C[C@@H]2O1. The fourth-order valence-electron chi connectivity index (χ4n) is 2.80. The van der Waals surface area contributed by atoms with Crippen LogP contribution in [-0.4, -0.2) is 40.8 Å². The maximum absolute atomic E-state index is 12.1. The Labute approximate surface area is 102 Å². The second kappa shape index (κ2) is 3.67. The molecule has 0 saturated carbocycles. The lowest BCUT2D eigenvalue weighted by Crippen LogP contribution is -2.35. The number of rotatable bonds is 3. The third kappa shape index (κ3) is 1.24. The van der Waals surface area contributed by atoms with E-state index in [0.29, 0.717) is 6.54 Å². The summed E-state index contributed by atoms with van der Waals surface area (Å²) >= 11 is 3.31. The smallest absolute Gasteiger partial charge is 0.236 e. The Morgan fingerprint density at radius 3 is 2.25 bits per heavy atom. The van der Waals surface area contributed by atoms with Crippen molar-refractivity contribution in [3.8, 4) is 0 Å². The molecular weight excluding hydrogens is 274 g/mol. The van der Waals surface area contributed by atoms with Crippen molar-refractivity contribution in [1.82, 2.24) is 4.90 Å². The zero-order valence-electron chi connectivity index (χ0n) is 8.64. The molecule has 0 aromatic rings. The topological polar surface area (TPSA) is 46.6 Å². The van der Waals surface area contributed by atoms with Crippen molar-refractivity contribution in [2.45, 2.75) is 18.6 Å². The van der Waals surface area contributed by atoms with E-state index in [1.165, 1.54) is 4.90 Å². The number of nitrogens with zero attached hydrogens (tertiary/aromatic N) is 1. The molecule has 5 heteroatoms. The molecule has 3 rings (SSSR count). The number of imide groups is 1. The molecule has 0 radical (unpaired) electrons. The Bertz CT molecular complexity index is 351. The molecule has 86 valence electrons. The molecule has 2 fully saturated rings. The largest absolute Gasteiger partial charge is 0.365 e. The van der Waals surface area contributed by atoms with Crippen LogP contribution in [0.5, 0.6) is 0 Å². The van der Waals surface area contributed by atoms with Gasteiger partial charge in [-0.15, -0.1) is 0 Å². The minimum atomic E-state index is -0.252. The first-order chi connectivity index (χ1) is 7.74. The van der Waals surface area contributed by atoms with Crippen LogP contribution >= 0.6 is 15.9 Å². The summed E-state index contributed by atoms with van der Waals surface area (Å²) in [4.78, 5) is 25.5. The van der Waals surface area contributed by atoms with E-state index in [9.17, 15) is 9.59 Å². The minimum absolute atomic E-state index is 0.0483. The monoisotopic (exact) mass is 285 g/mol. The highest BCUT2D eigenvalue weighted by Crippen LogP contribution is 2.44. The quantitative estimate of drug-likeness (QED) is 0.436. The maximum Gasteiger partial charge on any atom is 0.236 e. The van der Waals surface area contributed by atoms with Gasteiger partial charge >= 0.3 is 0 Å². The highest BCUT2D eigenvalue weighted by molar-refractivity contribution is 9.09. The molecule has 0 aliphatic carbocycles. The predicted octanol–water partition coefficient (Wildman–Crippen LogP) is 0.710. The van der Waals surface area contributed by atoms with Gasteiger partial charge in [0.15, 0.2) is 0 Å². The summed E-state index contributed by atoms with van der Waals surface area (Å²) in [6.45, 7) is 0.523. The summed E-state index contributed by atoms with van der Waals surface area (Å²) in [7, 11) is 0. The lowest BCUT2D eigenvalue weighted by molar-refractivity contribution is -0.142. The lowest BCUT2D eigenvalue weighted by atomic mass is 9.85. The Kier molecular flexibility index (Phi) is 2.40. The van der Waals surface area contributed by atoms with Crippen LogP contribution < -0.4 is 0 Å². The normalized spacial score (nSPS) is 39.9. The number of amides is 2. The number of carbonyl (C=O) groups is 2. The highest BCUT2D eigenvalue weighted by atomic mass is 79.9. The number of halogens is 1. The Morgan fingerprint density at radius 2 is 1.75 bits per heavy atom. The van der Waals surface area contributed by atoms with Crippen LogP contribution in [0.3, 0.4) is 0 Å². The number of alkyl halides is 1. The van der Waals surface area contributed by atoms with Gasteiger partial charge in [-0.1, -0.05) is 28.1 Å². The molecule has 16 heavy (non-hydrogen) atoms. The van der Waals surface area contributed by atoms with Gasteiger partial charge in [0, 0.05) is 11.9 Å². The highest BCUT2D eigenvalue weighted by Gasteiger charge is 2.60. The molecule has 3 aliphatic heterocycles. The molecule has 4 nitrogen and oxygen atoms in total.